The third kappa shape index (κ3) is 3.20. The summed E-state index contributed by atoms with van der Waals surface area (Å²) in [4.78, 5) is 26.3. The summed E-state index contributed by atoms with van der Waals surface area (Å²) in [6.45, 7) is 5.08. The predicted molar refractivity (Wildman–Crippen MR) is 95.7 cm³/mol. The number of aliphatic hydroxyl groups is 1. The van der Waals surface area contributed by atoms with Gasteiger partial charge in [0.25, 0.3) is 0 Å². The molecule has 0 aliphatic carbocycles. The topological polar surface area (TPSA) is 116 Å². The highest BCUT2D eigenvalue weighted by atomic mass is 32.2. The van der Waals surface area contributed by atoms with E-state index in [-0.39, 0.29) is 23.6 Å². The molecule has 5 N–H and O–H groups in total. The van der Waals surface area contributed by atoms with Crippen LogP contribution in [0.1, 0.15) is 33.1 Å². The lowest BCUT2D eigenvalue weighted by molar-refractivity contribution is -0.163. The number of nitrogens with two attached hydrogens (primary N) is 1. The highest BCUT2D eigenvalue weighted by Gasteiger charge is 2.60. The Morgan fingerprint density at radius 1 is 1.52 bits per heavy atom. The van der Waals surface area contributed by atoms with Gasteiger partial charge in [-0.15, -0.1) is 11.8 Å². The Bertz CT molecular complexity index is 594. The van der Waals surface area contributed by atoms with Crippen molar-refractivity contribution in [3.63, 3.8) is 0 Å². The molecule has 7 nitrogen and oxygen atoms in total. The number of aliphatic carboxylic acids is 1. The van der Waals surface area contributed by atoms with Crippen molar-refractivity contribution in [2.75, 3.05) is 13.1 Å². The van der Waals surface area contributed by atoms with E-state index in [2.05, 4.69) is 5.32 Å². The Balaban J connectivity index is 1.74. The second-order valence-corrected chi connectivity index (χ2v) is 8.63. The number of thioether (sulfide) groups is 1. The first-order valence-electron chi connectivity index (χ1n) is 8.95. The van der Waals surface area contributed by atoms with Gasteiger partial charge in [0.15, 0.2) is 0 Å². The molecule has 0 aromatic carbocycles. The Morgan fingerprint density at radius 3 is 2.84 bits per heavy atom. The molecule has 3 heterocycles. The molecule has 0 radical (unpaired) electrons. The number of fused-ring (bicyclic) bond motifs is 1. The average Bonchev–Trinajstić information content (AvgIpc) is 3.08. The first-order valence-corrected chi connectivity index (χ1v) is 9.83. The van der Waals surface area contributed by atoms with Gasteiger partial charge in [-0.2, -0.15) is 0 Å². The van der Waals surface area contributed by atoms with Crippen LogP contribution in [-0.4, -0.2) is 63.5 Å². The van der Waals surface area contributed by atoms with E-state index in [1.165, 1.54) is 4.90 Å². The maximum Gasteiger partial charge on any atom is 0.353 e. The summed E-state index contributed by atoms with van der Waals surface area (Å²) >= 11 is 1.59. The van der Waals surface area contributed by atoms with Crippen molar-refractivity contribution in [3.8, 4) is 0 Å². The zero-order valence-electron chi connectivity index (χ0n) is 14.6. The third-order valence-electron chi connectivity index (χ3n) is 5.54. The highest BCUT2D eigenvalue weighted by molar-refractivity contribution is 8.03. The molecule has 2 fully saturated rings. The molecule has 140 valence electrons. The molecule has 0 aromatic heterocycles. The fourth-order valence-electron chi connectivity index (χ4n) is 4.31. The number of hydrogen-bond donors (Lipinski definition) is 4. The van der Waals surface area contributed by atoms with Crippen molar-refractivity contribution < 1.29 is 19.8 Å². The number of carboxylic acids is 1. The van der Waals surface area contributed by atoms with E-state index < -0.39 is 18.0 Å². The van der Waals surface area contributed by atoms with Crippen LogP contribution in [-0.2, 0) is 9.59 Å². The molecule has 0 aromatic rings. The van der Waals surface area contributed by atoms with Crippen LogP contribution >= 0.6 is 11.8 Å². The Hall–Kier alpha value is -1.09. The molecule has 3 aliphatic heterocycles. The number of amides is 1. The van der Waals surface area contributed by atoms with Gasteiger partial charge in [-0.05, 0) is 32.7 Å². The standard InChI is InChI=1S/C17H27N3O4S/c1-8-13-12(9(2)21)16(22)20(13)14(17(23)24)15(8)25-11-6-10(19-7-11)4-3-5-18/h8-13,19,21H,3-7,18H2,1-2H3,(H,23,24). The Morgan fingerprint density at radius 2 is 2.24 bits per heavy atom. The van der Waals surface area contributed by atoms with E-state index in [4.69, 9.17) is 5.73 Å². The minimum atomic E-state index is -1.06. The number of carbonyl (C=O) groups excluding carboxylic acids is 1. The van der Waals surface area contributed by atoms with E-state index in [9.17, 15) is 19.8 Å². The van der Waals surface area contributed by atoms with Crippen LogP contribution in [0.15, 0.2) is 10.6 Å². The first kappa shape index (κ1) is 18.7. The predicted octanol–water partition coefficient (Wildman–Crippen LogP) is 0.343. The largest absolute Gasteiger partial charge is 0.477 e. The van der Waals surface area contributed by atoms with E-state index >= 15 is 0 Å². The lowest BCUT2D eigenvalue weighted by Crippen LogP contribution is -2.63. The number of rotatable bonds is 7. The zero-order valence-corrected chi connectivity index (χ0v) is 15.5. The molecular weight excluding hydrogens is 342 g/mol. The number of carboxylic acid groups (broad SMARTS) is 1. The van der Waals surface area contributed by atoms with Crippen LogP contribution in [0.5, 0.6) is 0 Å². The minimum absolute atomic E-state index is 0.0588. The van der Waals surface area contributed by atoms with E-state index in [0.29, 0.717) is 17.8 Å². The second-order valence-electron chi connectivity index (χ2n) is 7.28. The quantitative estimate of drug-likeness (QED) is 0.478. The molecule has 3 aliphatic rings. The van der Waals surface area contributed by atoms with Crippen molar-refractivity contribution in [3.05, 3.63) is 10.6 Å². The van der Waals surface area contributed by atoms with E-state index in [0.717, 1.165) is 30.7 Å². The molecule has 25 heavy (non-hydrogen) atoms. The Labute approximate surface area is 152 Å². The van der Waals surface area contributed by atoms with Gasteiger partial charge in [0, 0.05) is 28.7 Å². The molecular formula is C17H27N3O4S. The van der Waals surface area contributed by atoms with Crippen LogP contribution in [0.3, 0.4) is 0 Å². The molecule has 2 saturated heterocycles. The van der Waals surface area contributed by atoms with Crippen molar-refractivity contribution >= 4 is 23.6 Å². The summed E-state index contributed by atoms with van der Waals surface area (Å²) in [5.74, 6) is -1.89. The fourth-order valence-corrected chi connectivity index (χ4v) is 5.83. The number of nitrogens with zero attached hydrogens (tertiary/aromatic N) is 1. The number of nitrogens with one attached hydrogen (secondary N) is 1. The summed E-state index contributed by atoms with van der Waals surface area (Å²) in [6, 6.07) is 0.194. The van der Waals surface area contributed by atoms with Gasteiger partial charge >= 0.3 is 5.97 Å². The maximum atomic E-state index is 12.3. The lowest BCUT2D eigenvalue weighted by Gasteiger charge is -2.46. The van der Waals surface area contributed by atoms with Crippen LogP contribution in [0, 0.1) is 11.8 Å². The van der Waals surface area contributed by atoms with Gasteiger partial charge in [-0.25, -0.2) is 4.79 Å². The van der Waals surface area contributed by atoms with Crippen molar-refractivity contribution in [1.82, 2.24) is 10.2 Å². The van der Waals surface area contributed by atoms with Crippen molar-refractivity contribution in [2.45, 2.75) is 56.5 Å². The van der Waals surface area contributed by atoms with Gasteiger partial charge in [0.1, 0.15) is 5.70 Å². The lowest BCUT2D eigenvalue weighted by atomic mass is 9.79. The number of aliphatic hydroxyl groups excluding tert-OH is 1. The molecule has 6 unspecified atom stereocenters. The summed E-state index contributed by atoms with van der Waals surface area (Å²) in [6.07, 6.45) is 2.23. The fraction of sp³-hybridized carbons (Fsp3) is 0.765. The van der Waals surface area contributed by atoms with Gasteiger partial charge in [-0.3, -0.25) is 4.79 Å². The molecule has 8 heteroatoms. The molecule has 0 spiro atoms. The van der Waals surface area contributed by atoms with E-state index in [1.807, 2.05) is 6.92 Å². The van der Waals surface area contributed by atoms with Crippen molar-refractivity contribution in [2.24, 2.45) is 17.6 Å². The Kier molecular flexibility index (Phi) is 5.43. The van der Waals surface area contributed by atoms with Crippen LogP contribution in [0.2, 0.25) is 0 Å². The summed E-state index contributed by atoms with van der Waals surface area (Å²) in [5.41, 5.74) is 5.69. The van der Waals surface area contributed by atoms with E-state index in [1.54, 1.807) is 18.7 Å². The van der Waals surface area contributed by atoms with Gasteiger partial charge in [0.05, 0.1) is 18.1 Å². The molecule has 0 saturated carbocycles. The normalized spacial score (nSPS) is 35.8. The average molecular weight is 369 g/mol. The first-order chi connectivity index (χ1) is 11.9. The number of β-lactam (4-membered cyclic amide) rings is 1. The van der Waals surface area contributed by atoms with Gasteiger partial charge in [-0.1, -0.05) is 6.92 Å². The SMILES string of the molecule is CC(O)C1C(=O)N2C(C(=O)O)=C(SC3CNC(CCCN)C3)C(C)C12. The van der Waals surface area contributed by atoms with Gasteiger partial charge < -0.3 is 26.2 Å². The zero-order chi connectivity index (χ0) is 18.3. The summed E-state index contributed by atoms with van der Waals surface area (Å²) in [5, 5.41) is 23.3. The smallest absolute Gasteiger partial charge is 0.353 e. The second kappa shape index (κ2) is 7.26. The summed E-state index contributed by atoms with van der Waals surface area (Å²) in [7, 11) is 0. The molecule has 1 amide bonds. The van der Waals surface area contributed by atoms with Crippen molar-refractivity contribution in [1.29, 1.82) is 0 Å². The molecule has 0 bridgehead atoms. The maximum absolute atomic E-state index is 12.3. The monoisotopic (exact) mass is 369 g/mol. The van der Waals surface area contributed by atoms with Crippen LogP contribution in [0.4, 0.5) is 0 Å². The molecule has 3 rings (SSSR count). The number of carbonyl (C=O) groups is 2. The summed E-state index contributed by atoms with van der Waals surface area (Å²) < 4.78 is 0. The molecule has 6 atom stereocenters. The third-order valence-corrected chi connectivity index (χ3v) is 7.05. The highest BCUT2D eigenvalue weighted by Crippen LogP contribution is 2.51. The van der Waals surface area contributed by atoms with Crippen LogP contribution in [0.25, 0.3) is 0 Å². The van der Waals surface area contributed by atoms with Gasteiger partial charge in [0.2, 0.25) is 5.91 Å². The van der Waals surface area contributed by atoms with Crippen LogP contribution < -0.4 is 11.1 Å². The number of hydrogen-bond acceptors (Lipinski definition) is 6. The minimum Gasteiger partial charge on any atom is -0.477 e.